The Kier molecular flexibility index (Phi) is 4.60. The topological polar surface area (TPSA) is 72.6 Å². The molecule has 0 saturated carbocycles. The van der Waals surface area contributed by atoms with Crippen LogP contribution in [0.1, 0.15) is 6.92 Å². The molecular formula is C16H23N5O2S. The minimum Gasteiger partial charge on any atom is -0.377 e. The number of hydrogen-bond donors (Lipinski definition) is 0. The molecule has 2 aromatic heterocycles. The summed E-state index contributed by atoms with van der Waals surface area (Å²) in [4.78, 5) is 6.84. The highest BCUT2D eigenvalue weighted by Crippen LogP contribution is 2.29. The molecule has 130 valence electrons. The van der Waals surface area contributed by atoms with E-state index >= 15 is 0 Å². The molecule has 1 aliphatic heterocycles. The first kappa shape index (κ1) is 16.9. The maximum Gasteiger partial charge on any atom is 0.164 e. The molecule has 8 heteroatoms. The second kappa shape index (κ2) is 6.52. The molecule has 0 aliphatic carbocycles. The van der Waals surface area contributed by atoms with Gasteiger partial charge < -0.3 is 9.64 Å². The van der Waals surface area contributed by atoms with Crippen molar-refractivity contribution >= 4 is 21.2 Å². The van der Waals surface area contributed by atoms with Crippen LogP contribution in [0.25, 0.3) is 11.3 Å². The summed E-state index contributed by atoms with van der Waals surface area (Å²) in [5.74, 6) is 0.486. The Morgan fingerprint density at radius 1 is 1.38 bits per heavy atom. The maximum absolute atomic E-state index is 12.1. The van der Waals surface area contributed by atoms with Crippen LogP contribution in [-0.2, 0) is 21.5 Å². The van der Waals surface area contributed by atoms with Gasteiger partial charge in [0.15, 0.2) is 5.82 Å². The van der Waals surface area contributed by atoms with E-state index in [0.717, 1.165) is 23.5 Å². The molecule has 0 amide bonds. The summed E-state index contributed by atoms with van der Waals surface area (Å²) in [5, 5.41) is 4.21. The summed E-state index contributed by atoms with van der Waals surface area (Å²) in [5.41, 5.74) is 2.71. The lowest BCUT2D eigenvalue weighted by Gasteiger charge is -2.35. The van der Waals surface area contributed by atoms with Crippen molar-refractivity contribution < 1.29 is 8.95 Å². The fourth-order valence-electron chi connectivity index (χ4n) is 2.75. The first-order valence-electron chi connectivity index (χ1n) is 7.84. The van der Waals surface area contributed by atoms with Gasteiger partial charge in [-0.05, 0) is 13.0 Å². The third-order valence-corrected chi connectivity index (χ3v) is 4.44. The second-order valence-electron chi connectivity index (χ2n) is 6.36. The third kappa shape index (κ3) is 3.93. The van der Waals surface area contributed by atoms with Crippen LogP contribution >= 0.6 is 0 Å². The molecule has 24 heavy (non-hydrogen) atoms. The van der Waals surface area contributed by atoms with Crippen LogP contribution in [0.2, 0.25) is 0 Å². The summed E-state index contributed by atoms with van der Waals surface area (Å²) < 4.78 is 23.7. The number of pyridine rings is 1. The van der Waals surface area contributed by atoms with Crippen molar-refractivity contribution in [1.82, 2.24) is 14.8 Å². The highest BCUT2D eigenvalue weighted by atomic mass is 32.2. The molecular weight excluding hydrogens is 326 g/mol. The second-order valence-corrected chi connectivity index (χ2v) is 8.91. The van der Waals surface area contributed by atoms with Gasteiger partial charge in [0.1, 0.15) is 0 Å². The molecule has 7 nitrogen and oxygen atoms in total. The van der Waals surface area contributed by atoms with E-state index < -0.39 is 9.73 Å². The van der Waals surface area contributed by atoms with E-state index in [9.17, 15) is 4.21 Å². The molecule has 3 rings (SSSR count). The maximum atomic E-state index is 12.1. The molecule has 1 atom stereocenters. The highest BCUT2D eigenvalue weighted by Gasteiger charge is 2.21. The van der Waals surface area contributed by atoms with Crippen molar-refractivity contribution in [1.29, 1.82) is 0 Å². The van der Waals surface area contributed by atoms with Gasteiger partial charge in [-0.2, -0.15) is 9.46 Å². The van der Waals surface area contributed by atoms with Crippen LogP contribution < -0.4 is 4.90 Å². The third-order valence-electron chi connectivity index (χ3n) is 3.81. The van der Waals surface area contributed by atoms with Crippen LogP contribution in [0.15, 0.2) is 28.9 Å². The fraction of sp³-hybridized carbons (Fsp3) is 0.500. The van der Waals surface area contributed by atoms with Crippen molar-refractivity contribution in [2.24, 2.45) is 11.4 Å². The molecule has 0 unspecified atom stereocenters. The van der Waals surface area contributed by atoms with E-state index in [0.29, 0.717) is 19.0 Å². The Morgan fingerprint density at radius 2 is 2.17 bits per heavy atom. The molecule has 1 fully saturated rings. The molecule has 2 aromatic rings. The largest absolute Gasteiger partial charge is 0.377 e. The predicted octanol–water partition coefficient (Wildman–Crippen LogP) is 2.07. The number of rotatable bonds is 3. The van der Waals surface area contributed by atoms with Crippen molar-refractivity contribution in [3.63, 3.8) is 0 Å². The van der Waals surface area contributed by atoms with Crippen LogP contribution in [0.5, 0.6) is 0 Å². The number of morpholine rings is 1. The van der Waals surface area contributed by atoms with Gasteiger partial charge in [-0.3, -0.25) is 4.68 Å². The van der Waals surface area contributed by atoms with E-state index in [2.05, 4.69) is 26.3 Å². The fourth-order valence-corrected chi connectivity index (χ4v) is 3.30. The number of ether oxygens (including phenoxy) is 1. The first-order valence-corrected chi connectivity index (χ1v) is 10.2. The molecule has 3 heterocycles. The molecule has 1 saturated heterocycles. The van der Waals surface area contributed by atoms with E-state index in [-0.39, 0.29) is 6.04 Å². The molecule has 0 spiro atoms. The summed E-state index contributed by atoms with van der Waals surface area (Å²) in [6, 6.07) is 4.20. The summed E-state index contributed by atoms with van der Waals surface area (Å²) in [6.07, 6.45) is 6.91. The number of aryl methyl sites for hydroxylation is 1. The SMILES string of the molecule is C[C@@H]1COCCN1c1cc(N=S(C)(C)=O)nc(-c2cnn(C)c2)c1. The Bertz CT molecular complexity index is 846. The number of aromatic nitrogens is 3. The zero-order chi connectivity index (χ0) is 17.3. The van der Waals surface area contributed by atoms with Gasteiger partial charge in [0, 0.05) is 65.4 Å². The van der Waals surface area contributed by atoms with Gasteiger partial charge in [0.25, 0.3) is 0 Å². The lowest BCUT2D eigenvalue weighted by Crippen LogP contribution is -2.43. The Hall–Kier alpha value is -1.93. The van der Waals surface area contributed by atoms with Crippen molar-refractivity contribution in [2.75, 3.05) is 37.2 Å². The highest BCUT2D eigenvalue weighted by molar-refractivity contribution is 7.92. The van der Waals surface area contributed by atoms with Gasteiger partial charge in [0.2, 0.25) is 0 Å². The van der Waals surface area contributed by atoms with Crippen LogP contribution in [-0.4, -0.2) is 57.3 Å². The smallest absolute Gasteiger partial charge is 0.164 e. The van der Waals surface area contributed by atoms with Gasteiger partial charge in [-0.15, -0.1) is 0 Å². The Labute approximate surface area is 142 Å². The summed E-state index contributed by atoms with van der Waals surface area (Å²) >= 11 is 0. The molecule has 0 aromatic carbocycles. The minimum atomic E-state index is -2.28. The molecule has 0 N–H and O–H groups in total. The molecule has 0 radical (unpaired) electrons. The van der Waals surface area contributed by atoms with Gasteiger partial charge in [0.05, 0.1) is 25.1 Å². The van der Waals surface area contributed by atoms with Gasteiger partial charge >= 0.3 is 0 Å². The summed E-state index contributed by atoms with van der Waals surface area (Å²) in [7, 11) is -0.415. The van der Waals surface area contributed by atoms with Crippen LogP contribution in [0.3, 0.4) is 0 Å². The lowest BCUT2D eigenvalue weighted by molar-refractivity contribution is 0.0989. The zero-order valence-electron chi connectivity index (χ0n) is 14.5. The number of nitrogens with zero attached hydrogens (tertiary/aromatic N) is 5. The Balaban J connectivity index is 2.11. The van der Waals surface area contributed by atoms with E-state index in [4.69, 9.17) is 4.74 Å². The quantitative estimate of drug-likeness (QED) is 0.848. The lowest BCUT2D eigenvalue weighted by atomic mass is 10.1. The van der Waals surface area contributed by atoms with E-state index in [1.807, 2.05) is 25.4 Å². The standard InChI is InChI=1S/C16H23N5O2S/c1-12-11-23-6-5-21(12)14-7-15(13-9-17-20(2)10-13)18-16(8-14)19-24(3,4)22/h7-10,12H,5-6,11H2,1-4H3/t12-/m1/s1. The average Bonchev–Trinajstić information content (AvgIpc) is 2.92. The summed E-state index contributed by atoms with van der Waals surface area (Å²) in [6.45, 7) is 4.32. The molecule has 0 bridgehead atoms. The molecule has 1 aliphatic rings. The number of hydrogen-bond acceptors (Lipinski definition) is 6. The predicted molar refractivity (Wildman–Crippen MR) is 96.1 cm³/mol. The minimum absolute atomic E-state index is 0.267. The average molecular weight is 349 g/mol. The Morgan fingerprint density at radius 3 is 2.79 bits per heavy atom. The van der Waals surface area contributed by atoms with Crippen molar-refractivity contribution in [3.8, 4) is 11.3 Å². The first-order chi connectivity index (χ1) is 11.3. The van der Waals surface area contributed by atoms with Crippen LogP contribution in [0.4, 0.5) is 11.5 Å². The van der Waals surface area contributed by atoms with Gasteiger partial charge in [-0.25, -0.2) is 9.19 Å². The number of anilines is 1. The zero-order valence-corrected chi connectivity index (χ0v) is 15.3. The van der Waals surface area contributed by atoms with Crippen LogP contribution in [0, 0.1) is 0 Å². The van der Waals surface area contributed by atoms with E-state index in [1.54, 1.807) is 23.4 Å². The van der Waals surface area contributed by atoms with E-state index in [1.165, 1.54) is 0 Å². The monoisotopic (exact) mass is 349 g/mol. The van der Waals surface area contributed by atoms with Gasteiger partial charge in [-0.1, -0.05) is 0 Å². The van der Waals surface area contributed by atoms with Crippen molar-refractivity contribution in [3.05, 3.63) is 24.5 Å². The normalized spacial score (nSPS) is 18.7. The van der Waals surface area contributed by atoms with Crippen molar-refractivity contribution in [2.45, 2.75) is 13.0 Å².